The third kappa shape index (κ3) is 3.00. The van der Waals surface area contributed by atoms with E-state index in [1.165, 1.54) is 14.6 Å². The first-order chi connectivity index (χ1) is 15.2. The van der Waals surface area contributed by atoms with Gasteiger partial charge in [0.2, 0.25) is 0 Å². The molecule has 0 N–H and O–H groups in total. The van der Waals surface area contributed by atoms with E-state index >= 15 is 0 Å². The number of pyridine rings is 1. The number of benzene rings is 2. The maximum atomic E-state index is 12.8. The van der Waals surface area contributed by atoms with Crippen LogP contribution in [0.4, 0.5) is 16.1 Å². The van der Waals surface area contributed by atoms with Gasteiger partial charge in [-0.05, 0) is 0 Å². The van der Waals surface area contributed by atoms with E-state index in [4.69, 9.17) is 0 Å². The number of para-hydroxylation sites is 1. The van der Waals surface area contributed by atoms with Crippen LogP contribution in [0.25, 0.3) is 6.08 Å². The summed E-state index contributed by atoms with van der Waals surface area (Å²) in [6.07, 6.45) is 3.62. The number of allylic oxidation sites excluding steroid dienone is 1. The molecule has 2 aromatic carbocycles. The number of hydrogen-bond donors (Lipinski definition) is 0. The van der Waals surface area contributed by atoms with Crippen LogP contribution in [0.1, 0.15) is 25.2 Å². The van der Waals surface area contributed by atoms with Crippen LogP contribution in [-0.2, 0) is 0 Å². The van der Waals surface area contributed by atoms with Gasteiger partial charge in [0.15, 0.2) is 0 Å². The molecule has 0 bridgehead atoms. The van der Waals surface area contributed by atoms with E-state index in [0.717, 1.165) is 14.8 Å². The van der Waals surface area contributed by atoms with Crippen molar-refractivity contribution in [3.8, 4) is 0 Å². The summed E-state index contributed by atoms with van der Waals surface area (Å²) in [5, 5.41) is 0. The normalized spacial score (nSPS) is 14.3. The van der Waals surface area contributed by atoms with Crippen LogP contribution in [0.5, 0.6) is 0 Å². The van der Waals surface area contributed by atoms with E-state index in [2.05, 4.69) is 46.3 Å². The van der Waals surface area contributed by atoms with E-state index in [-0.39, 0.29) is 46.6 Å². The van der Waals surface area contributed by atoms with Crippen LogP contribution < -0.4 is 13.8 Å². The maximum absolute atomic E-state index is 12.8. The Kier molecular flexibility index (Phi) is 4.41. The quantitative estimate of drug-likeness (QED) is 0.199. The number of nitrogens with zero attached hydrogens (tertiary/aromatic N) is 2. The summed E-state index contributed by atoms with van der Waals surface area (Å²) in [5.41, 5.74) is 2.45. The molecule has 0 radical (unpaired) electrons. The van der Waals surface area contributed by atoms with Crippen molar-refractivity contribution in [3.63, 3.8) is 0 Å². The Bertz CT molecular complexity index is 1340. The summed E-state index contributed by atoms with van der Waals surface area (Å²) in [6.45, 7) is 0. The molecule has 1 aliphatic heterocycles. The average Bonchev–Trinajstić information content (AvgIpc) is 3.36. The Balaban J connectivity index is 1.43. The molecule has 0 saturated heterocycles. The van der Waals surface area contributed by atoms with E-state index in [1.807, 2.05) is 18.3 Å². The number of aromatic nitrogens is 1. The van der Waals surface area contributed by atoms with Crippen molar-refractivity contribution in [2.75, 3.05) is 4.90 Å². The summed E-state index contributed by atoms with van der Waals surface area (Å²) < 4.78 is 4.75. The van der Waals surface area contributed by atoms with Crippen LogP contribution in [0, 0.1) is 0 Å². The predicted molar refractivity (Wildman–Crippen MR) is 124 cm³/mol. The van der Waals surface area contributed by atoms with Crippen molar-refractivity contribution >= 4 is 72.1 Å². The Morgan fingerprint density at radius 3 is 2.29 bits per heavy atom. The third-order valence-corrected chi connectivity index (χ3v) is 9.76. The SMILES string of the molecule is O=C1C(=Cc2ccc(N3c4ccccc4[Se]c4cccnc43)[se]2)C(=O)c2ccccc21. The number of anilines is 3. The van der Waals surface area contributed by atoms with Gasteiger partial charge in [0.25, 0.3) is 0 Å². The number of rotatable bonds is 2. The summed E-state index contributed by atoms with van der Waals surface area (Å²) in [7, 11) is 0. The molecule has 3 heterocycles. The molecule has 0 fully saturated rings. The van der Waals surface area contributed by atoms with Crippen molar-refractivity contribution in [1.82, 2.24) is 4.98 Å². The van der Waals surface area contributed by atoms with Crippen molar-refractivity contribution in [2.45, 2.75) is 0 Å². The fourth-order valence-electron chi connectivity index (χ4n) is 3.90. The summed E-state index contributed by atoms with van der Waals surface area (Å²) in [4.78, 5) is 32.4. The van der Waals surface area contributed by atoms with E-state index in [1.54, 1.807) is 30.3 Å². The molecule has 31 heavy (non-hydrogen) atoms. The van der Waals surface area contributed by atoms with Gasteiger partial charge in [0.1, 0.15) is 0 Å². The first-order valence-electron chi connectivity index (χ1n) is 9.73. The van der Waals surface area contributed by atoms with Crippen LogP contribution in [0.15, 0.2) is 84.6 Å². The van der Waals surface area contributed by atoms with Crippen molar-refractivity contribution in [3.05, 3.63) is 100 Å². The molecule has 0 unspecified atom stereocenters. The molecule has 148 valence electrons. The number of Topliss-reactive ketones (excluding diaryl/α,β-unsaturated/α-hetero) is 2. The van der Waals surface area contributed by atoms with Gasteiger partial charge >= 0.3 is 192 Å². The second-order valence-electron chi connectivity index (χ2n) is 7.17. The molecule has 1 aliphatic carbocycles. The van der Waals surface area contributed by atoms with E-state index < -0.39 is 0 Å². The minimum atomic E-state index is -0.177. The predicted octanol–water partition coefficient (Wildman–Crippen LogP) is 3.04. The molecule has 2 aromatic heterocycles. The zero-order chi connectivity index (χ0) is 20.9. The van der Waals surface area contributed by atoms with Gasteiger partial charge in [-0.25, -0.2) is 0 Å². The topological polar surface area (TPSA) is 50.3 Å². The Morgan fingerprint density at radius 1 is 0.774 bits per heavy atom. The molecule has 6 rings (SSSR count). The molecule has 0 atom stereocenters. The summed E-state index contributed by atoms with van der Waals surface area (Å²) in [6, 6.07) is 23.8. The summed E-state index contributed by atoms with van der Waals surface area (Å²) >= 11 is 0.171. The van der Waals surface area contributed by atoms with Crippen LogP contribution in [-0.4, -0.2) is 46.0 Å². The second-order valence-corrected chi connectivity index (χ2v) is 11.7. The average molecular weight is 532 g/mol. The van der Waals surface area contributed by atoms with Crippen LogP contribution in [0.3, 0.4) is 0 Å². The van der Waals surface area contributed by atoms with Gasteiger partial charge < -0.3 is 0 Å². The zero-order valence-electron chi connectivity index (χ0n) is 16.1. The Hall–Kier alpha value is -3.01. The van der Waals surface area contributed by atoms with Gasteiger partial charge in [0.05, 0.1) is 0 Å². The Labute approximate surface area is 191 Å². The van der Waals surface area contributed by atoms with Crippen molar-refractivity contribution < 1.29 is 9.59 Å². The molecular formula is C25H14N2O2Se2. The van der Waals surface area contributed by atoms with Gasteiger partial charge in [-0.2, -0.15) is 0 Å². The van der Waals surface area contributed by atoms with E-state index in [9.17, 15) is 9.59 Å². The molecule has 0 spiro atoms. The van der Waals surface area contributed by atoms with Gasteiger partial charge in [0, 0.05) is 0 Å². The minimum absolute atomic E-state index is 0.0470. The number of ketones is 2. The number of carbonyl (C=O) groups is 2. The van der Waals surface area contributed by atoms with Crippen LogP contribution >= 0.6 is 0 Å². The number of hydrogen-bond acceptors (Lipinski definition) is 4. The van der Waals surface area contributed by atoms with Gasteiger partial charge in [-0.15, -0.1) is 0 Å². The van der Waals surface area contributed by atoms with E-state index in [0.29, 0.717) is 11.1 Å². The standard InChI is InChI=1S/C25H14N2O2Se2/c28-23-16-6-1-2-7-17(16)24(29)18(23)14-15-11-12-22(30-15)27-19-8-3-4-9-20(19)31-21-10-5-13-26-25(21)27/h1-14H. The van der Waals surface area contributed by atoms with Crippen LogP contribution in [0.2, 0.25) is 0 Å². The van der Waals surface area contributed by atoms with Gasteiger partial charge in [-0.3, -0.25) is 0 Å². The fourth-order valence-corrected chi connectivity index (χ4v) is 8.09. The van der Waals surface area contributed by atoms with Gasteiger partial charge in [-0.1, -0.05) is 0 Å². The molecule has 0 amide bonds. The second kappa shape index (κ2) is 7.29. The summed E-state index contributed by atoms with van der Waals surface area (Å²) in [5.74, 6) is 0.629. The first-order valence-corrected chi connectivity index (χ1v) is 13.2. The molecule has 2 aliphatic rings. The molecule has 4 nitrogen and oxygen atoms in total. The van der Waals surface area contributed by atoms with Crippen molar-refractivity contribution in [1.29, 1.82) is 0 Å². The number of carbonyl (C=O) groups excluding carboxylic acids is 2. The number of fused-ring (bicyclic) bond motifs is 3. The zero-order valence-corrected chi connectivity index (χ0v) is 19.5. The molecular weight excluding hydrogens is 518 g/mol. The fraction of sp³-hybridized carbons (Fsp3) is 0. The van der Waals surface area contributed by atoms with Crippen molar-refractivity contribution in [2.24, 2.45) is 0 Å². The molecule has 4 aromatic rings. The Morgan fingerprint density at radius 2 is 1.48 bits per heavy atom. The molecule has 0 saturated carbocycles. The molecule has 6 heteroatoms. The third-order valence-electron chi connectivity index (χ3n) is 5.31. The monoisotopic (exact) mass is 534 g/mol. The first kappa shape index (κ1) is 18.7.